The second-order valence-electron chi connectivity index (χ2n) is 6.12. The van der Waals surface area contributed by atoms with Gasteiger partial charge < -0.3 is 15.2 Å². The molecule has 2 heterocycles. The highest BCUT2D eigenvalue weighted by atomic mass is 16.5. The van der Waals surface area contributed by atoms with E-state index in [1.54, 1.807) is 24.1 Å². The highest BCUT2D eigenvalue weighted by Gasteiger charge is 2.36. The molecule has 0 aromatic carbocycles. The van der Waals surface area contributed by atoms with Crippen LogP contribution in [-0.4, -0.2) is 70.2 Å². The summed E-state index contributed by atoms with van der Waals surface area (Å²) in [7, 11) is 1.78. The average molecular weight is 308 g/mol. The van der Waals surface area contributed by atoms with Crippen LogP contribution < -0.4 is 5.32 Å². The van der Waals surface area contributed by atoms with Gasteiger partial charge in [0.15, 0.2) is 0 Å². The summed E-state index contributed by atoms with van der Waals surface area (Å²) >= 11 is 0. The highest BCUT2D eigenvalue weighted by Crippen LogP contribution is 2.24. The maximum absolute atomic E-state index is 12.2. The number of hydrogen-bond acceptors (Lipinski definition) is 5. The van der Waals surface area contributed by atoms with Gasteiger partial charge in [-0.15, -0.1) is 0 Å². The van der Waals surface area contributed by atoms with Crippen LogP contribution in [0.2, 0.25) is 0 Å². The number of nitrogens with zero attached hydrogens (tertiary/aromatic N) is 3. The largest absolute Gasteiger partial charge is 0.389 e. The van der Waals surface area contributed by atoms with Gasteiger partial charge in [-0.25, -0.2) is 0 Å². The Morgan fingerprint density at radius 1 is 1.41 bits per heavy atom. The molecule has 0 unspecified atom stereocenters. The molecule has 1 aliphatic carbocycles. The minimum Gasteiger partial charge on any atom is -0.389 e. The van der Waals surface area contributed by atoms with E-state index >= 15 is 0 Å². The number of hydrogen-bond donors (Lipinski definition) is 2. The molecule has 2 aliphatic rings. The number of ether oxygens (including phenoxy) is 1. The van der Waals surface area contributed by atoms with E-state index in [1.807, 2.05) is 0 Å². The lowest BCUT2D eigenvalue weighted by Crippen LogP contribution is -2.58. The minimum atomic E-state index is -0.535. The molecule has 1 saturated carbocycles. The molecule has 7 nitrogen and oxygen atoms in total. The molecule has 122 valence electrons. The Kier molecular flexibility index (Phi) is 4.75. The lowest BCUT2D eigenvalue weighted by atomic mass is 9.86. The maximum Gasteiger partial charge on any atom is 0.254 e. The van der Waals surface area contributed by atoms with Gasteiger partial charge in [0.05, 0.1) is 37.1 Å². The van der Waals surface area contributed by atoms with Crippen LogP contribution in [0.15, 0.2) is 12.4 Å². The summed E-state index contributed by atoms with van der Waals surface area (Å²) in [5, 5.41) is 17.6. The quantitative estimate of drug-likeness (QED) is 0.806. The summed E-state index contributed by atoms with van der Waals surface area (Å²) in [6, 6.07) is -0.0915. The topological polar surface area (TPSA) is 79.6 Å². The number of rotatable bonds is 3. The van der Waals surface area contributed by atoms with Gasteiger partial charge in [0.25, 0.3) is 5.91 Å². The van der Waals surface area contributed by atoms with Crippen molar-refractivity contribution in [1.29, 1.82) is 0 Å². The fraction of sp³-hybridized carbons (Fsp3) is 0.733. The first-order valence-electron chi connectivity index (χ1n) is 7.94. The summed E-state index contributed by atoms with van der Waals surface area (Å²) in [6.07, 6.45) is 5.49. The van der Waals surface area contributed by atoms with E-state index < -0.39 is 6.10 Å². The Hall–Kier alpha value is -1.44. The van der Waals surface area contributed by atoms with Gasteiger partial charge in [-0.05, 0) is 19.3 Å². The third-order valence-corrected chi connectivity index (χ3v) is 4.62. The molecule has 0 bridgehead atoms. The third kappa shape index (κ3) is 3.31. The first kappa shape index (κ1) is 15.5. The first-order valence-corrected chi connectivity index (χ1v) is 7.94. The minimum absolute atomic E-state index is 0.108. The molecule has 22 heavy (non-hydrogen) atoms. The van der Waals surface area contributed by atoms with E-state index in [1.165, 1.54) is 0 Å². The van der Waals surface area contributed by atoms with Crippen molar-refractivity contribution in [3.8, 4) is 0 Å². The number of carbonyl (C=O) groups is 1. The molecule has 1 aromatic rings. The van der Waals surface area contributed by atoms with Crippen molar-refractivity contribution in [3.63, 3.8) is 0 Å². The third-order valence-electron chi connectivity index (χ3n) is 4.62. The Bertz CT molecular complexity index is 513. The molecule has 1 saturated heterocycles. The molecule has 0 radical (unpaired) electrons. The Balaban J connectivity index is 1.62. The molecule has 2 fully saturated rings. The summed E-state index contributed by atoms with van der Waals surface area (Å²) in [6.45, 7) is 3.14. The van der Waals surface area contributed by atoms with Gasteiger partial charge >= 0.3 is 0 Å². The summed E-state index contributed by atoms with van der Waals surface area (Å²) < 4.78 is 6.97. The molecule has 1 amide bonds. The molecular weight excluding hydrogens is 284 g/mol. The van der Waals surface area contributed by atoms with Gasteiger partial charge in [-0.1, -0.05) is 0 Å². The molecular formula is C15H24N4O3. The maximum atomic E-state index is 12.2. The molecule has 1 aromatic heterocycles. The smallest absolute Gasteiger partial charge is 0.254 e. The SMILES string of the molecule is Cn1cc(C(=O)N[C@@H]2CCC[C@@H](N3CCOCC3)[C@@H]2O)cn1. The van der Waals surface area contributed by atoms with Crippen LogP contribution in [0, 0.1) is 0 Å². The van der Waals surface area contributed by atoms with E-state index in [9.17, 15) is 9.90 Å². The number of aliphatic hydroxyl groups is 1. The van der Waals surface area contributed by atoms with Crippen LogP contribution in [0.3, 0.4) is 0 Å². The van der Waals surface area contributed by atoms with Gasteiger partial charge in [-0.2, -0.15) is 5.10 Å². The van der Waals surface area contributed by atoms with Crippen molar-refractivity contribution in [1.82, 2.24) is 20.0 Å². The van der Waals surface area contributed by atoms with Crippen molar-refractivity contribution in [2.75, 3.05) is 26.3 Å². The van der Waals surface area contributed by atoms with Crippen molar-refractivity contribution in [2.45, 2.75) is 37.5 Å². The standard InChI is InChI=1S/C15H24N4O3/c1-18-10-11(9-16-18)15(21)17-12-3-2-4-13(14(12)20)19-5-7-22-8-6-19/h9-10,12-14,20H,2-8H2,1H3,(H,17,21)/t12-,13-,14-/m1/s1. The zero-order valence-electron chi connectivity index (χ0n) is 12.9. The van der Waals surface area contributed by atoms with E-state index in [0.717, 1.165) is 45.6 Å². The van der Waals surface area contributed by atoms with Gasteiger partial charge in [0, 0.05) is 32.4 Å². The van der Waals surface area contributed by atoms with Crippen LogP contribution in [-0.2, 0) is 11.8 Å². The van der Waals surface area contributed by atoms with E-state index in [2.05, 4.69) is 15.3 Å². The molecule has 0 spiro atoms. The van der Waals surface area contributed by atoms with Crippen LogP contribution in [0.25, 0.3) is 0 Å². The molecule has 7 heteroatoms. The fourth-order valence-corrected chi connectivity index (χ4v) is 3.41. The zero-order valence-corrected chi connectivity index (χ0v) is 12.9. The predicted octanol–water partition coefficient (Wildman–Crippen LogP) is -0.236. The van der Waals surface area contributed by atoms with Gasteiger partial charge in [0.2, 0.25) is 0 Å². The van der Waals surface area contributed by atoms with Crippen molar-refractivity contribution < 1.29 is 14.6 Å². The molecule has 3 atom stereocenters. The fourth-order valence-electron chi connectivity index (χ4n) is 3.41. The monoisotopic (exact) mass is 308 g/mol. The van der Waals surface area contributed by atoms with Crippen LogP contribution in [0.5, 0.6) is 0 Å². The Labute approximate surface area is 130 Å². The molecule has 1 aliphatic heterocycles. The van der Waals surface area contributed by atoms with E-state index in [4.69, 9.17) is 4.74 Å². The van der Waals surface area contributed by atoms with Crippen LogP contribution in [0.4, 0.5) is 0 Å². The van der Waals surface area contributed by atoms with Gasteiger partial charge in [0.1, 0.15) is 0 Å². The normalized spacial score (nSPS) is 30.2. The van der Waals surface area contributed by atoms with Crippen LogP contribution >= 0.6 is 0 Å². The number of aromatic nitrogens is 2. The Morgan fingerprint density at radius 2 is 2.18 bits per heavy atom. The lowest BCUT2D eigenvalue weighted by Gasteiger charge is -2.42. The summed E-state index contributed by atoms with van der Waals surface area (Å²) in [5.41, 5.74) is 0.531. The molecule has 2 N–H and O–H groups in total. The van der Waals surface area contributed by atoms with E-state index in [0.29, 0.717) is 5.56 Å². The number of morpholine rings is 1. The van der Waals surface area contributed by atoms with E-state index in [-0.39, 0.29) is 18.0 Å². The highest BCUT2D eigenvalue weighted by molar-refractivity contribution is 5.93. The van der Waals surface area contributed by atoms with Crippen molar-refractivity contribution >= 4 is 5.91 Å². The van der Waals surface area contributed by atoms with Crippen LogP contribution in [0.1, 0.15) is 29.6 Å². The predicted molar refractivity (Wildman–Crippen MR) is 80.5 cm³/mol. The summed E-state index contributed by atoms with van der Waals surface area (Å²) in [4.78, 5) is 14.5. The molecule has 3 rings (SSSR count). The Morgan fingerprint density at radius 3 is 2.86 bits per heavy atom. The van der Waals surface area contributed by atoms with Gasteiger partial charge in [-0.3, -0.25) is 14.4 Å². The lowest BCUT2D eigenvalue weighted by molar-refractivity contribution is -0.0459. The van der Waals surface area contributed by atoms with Crippen molar-refractivity contribution in [2.24, 2.45) is 7.05 Å². The number of aryl methyl sites for hydroxylation is 1. The number of aliphatic hydroxyl groups excluding tert-OH is 1. The van der Waals surface area contributed by atoms with Crippen molar-refractivity contribution in [3.05, 3.63) is 18.0 Å². The number of carbonyl (C=O) groups excluding carboxylic acids is 1. The average Bonchev–Trinajstić information content (AvgIpc) is 2.97. The summed E-state index contributed by atoms with van der Waals surface area (Å²) in [5.74, 6) is -0.167. The second-order valence-corrected chi connectivity index (χ2v) is 6.12. The second kappa shape index (κ2) is 6.76. The first-order chi connectivity index (χ1) is 10.6. The number of amides is 1. The zero-order chi connectivity index (χ0) is 15.5. The number of nitrogens with one attached hydrogen (secondary N) is 1.